The van der Waals surface area contributed by atoms with Crippen LogP contribution in [0.4, 0.5) is 0 Å². The molecule has 1 aliphatic rings. The Morgan fingerprint density at radius 2 is 2.05 bits per heavy atom. The number of fused-ring (bicyclic) bond motifs is 1. The van der Waals surface area contributed by atoms with Crippen molar-refractivity contribution in [2.75, 3.05) is 0 Å². The molecule has 3 rings (SSSR count). The van der Waals surface area contributed by atoms with Gasteiger partial charge in [0.2, 0.25) is 0 Å². The zero-order valence-electron chi connectivity index (χ0n) is 13.1. The second-order valence-corrected chi connectivity index (χ2v) is 7.11. The SMILES string of the molecule is CC(C1CC1)n1c(C(C)(C)C)nc2cccc(C(=O)O)c21. The summed E-state index contributed by atoms with van der Waals surface area (Å²) in [5.74, 6) is 0.737. The van der Waals surface area contributed by atoms with E-state index in [1.165, 1.54) is 12.8 Å². The topological polar surface area (TPSA) is 55.1 Å². The molecular weight excluding hydrogens is 264 g/mol. The second-order valence-electron chi connectivity index (χ2n) is 7.11. The minimum Gasteiger partial charge on any atom is -0.478 e. The highest BCUT2D eigenvalue weighted by Gasteiger charge is 2.35. The molecule has 21 heavy (non-hydrogen) atoms. The maximum Gasteiger partial charge on any atom is 0.337 e. The third-order valence-electron chi connectivity index (χ3n) is 4.32. The van der Waals surface area contributed by atoms with Crippen LogP contribution in [0.5, 0.6) is 0 Å². The molecule has 1 aromatic heterocycles. The molecule has 1 aliphatic carbocycles. The van der Waals surface area contributed by atoms with Gasteiger partial charge in [-0.15, -0.1) is 0 Å². The van der Waals surface area contributed by atoms with Gasteiger partial charge in [-0.1, -0.05) is 26.8 Å². The van der Waals surface area contributed by atoms with E-state index in [-0.39, 0.29) is 5.41 Å². The second kappa shape index (κ2) is 4.58. The number of hydrogen-bond donors (Lipinski definition) is 1. The van der Waals surface area contributed by atoms with Gasteiger partial charge in [-0.2, -0.15) is 0 Å². The molecule has 1 heterocycles. The smallest absolute Gasteiger partial charge is 0.337 e. The predicted octanol–water partition coefficient (Wildman–Crippen LogP) is 4.00. The lowest BCUT2D eigenvalue weighted by Gasteiger charge is -2.25. The summed E-state index contributed by atoms with van der Waals surface area (Å²) >= 11 is 0. The maximum atomic E-state index is 11.6. The Hall–Kier alpha value is -1.84. The van der Waals surface area contributed by atoms with Crippen molar-refractivity contribution in [3.8, 4) is 0 Å². The Morgan fingerprint density at radius 1 is 1.38 bits per heavy atom. The average Bonchev–Trinajstić information content (AvgIpc) is 3.15. The van der Waals surface area contributed by atoms with Gasteiger partial charge in [-0.3, -0.25) is 0 Å². The summed E-state index contributed by atoms with van der Waals surface area (Å²) in [6, 6.07) is 5.66. The number of carbonyl (C=O) groups is 1. The van der Waals surface area contributed by atoms with Crippen molar-refractivity contribution in [3.63, 3.8) is 0 Å². The van der Waals surface area contributed by atoms with Crippen molar-refractivity contribution in [1.82, 2.24) is 9.55 Å². The van der Waals surface area contributed by atoms with Gasteiger partial charge in [0.15, 0.2) is 0 Å². The molecule has 0 spiro atoms. The standard InChI is InChI=1S/C17H22N2O2/c1-10(11-8-9-11)19-14-12(15(20)21)6-5-7-13(14)18-16(19)17(2,3)4/h5-7,10-11H,8-9H2,1-4H3,(H,20,21). The van der Waals surface area contributed by atoms with E-state index >= 15 is 0 Å². The zero-order chi connectivity index (χ0) is 15.4. The lowest BCUT2D eigenvalue weighted by atomic mass is 9.95. The summed E-state index contributed by atoms with van der Waals surface area (Å²) in [4.78, 5) is 16.4. The third-order valence-corrected chi connectivity index (χ3v) is 4.32. The molecule has 0 radical (unpaired) electrons. The van der Waals surface area contributed by atoms with Crippen LogP contribution in [0.15, 0.2) is 18.2 Å². The van der Waals surface area contributed by atoms with E-state index < -0.39 is 5.97 Å². The molecule has 0 aliphatic heterocycles. The predicted molar refractivity (Wildman–Crippen MR) is 82.8 cm³/mol. The summed E-state index contributed by atoms with van der Waals surface area (Å²) in [6.07, 6.45) is 2.44. The molecule has 1 atom stereocenters. The van der Waals surface area contributed by atoms with Gasteiger partial charge in [-0.05, 0) is 37.8 Å². The Kier molecular flexibility index (Phi) is 3.08. The van der Waals surface area contributed by atoms with Crippen LogP contribution < -0.4 is 0 Å². The van der Waals surface area contributed by atoms with E-state index in [1.54, 1.807) is 12.1 Å². The minimum atomic E-state index is -0.884. The van der Waals surface area contributed by atoms with Crippen molar-refractivity contribution in [2.45, 2.75) is 52.0 Å². The summed E-state index contributed by atoms with van der Waals surface area (Å²) in [7, 11) is 0. The molecule has 1 unspecified atom stereocenters. The fourth-order valence-corrected chi connectivity index (χ4v) is 3.04. The Balaban J connectivity index is 2.34. The van der Waals surface area contributed by atoms with Crippen LogP contribution in [0, 0.1) is 5.92 Å². The minimum absolute atomic E-state index is 0.113. The summed E-state index contributed by atoms with van der Waals surface area (Å²) in [5, 5.41) is 9.51. The monoisotopic (exact) mass is 286 g/mol. The Labute approximate surface area is 124 Å². The van der Waals surface area contributed by atoms with Gasteiger partial charge in [0.05, 0.1) is 16.6 Å². The molecule has 1 saturated carbocycles. The number of imidazole rings is 1. The van der Waals surface area contributed by atoms with E-state index in [1.807, 2.05) is 6.07 Å². The van der Waals surface area contributed by atoms with Gasteiger partial charge in [-0.25, -0.2) is 9.78 Å². The first-order valence-electron chi connectivity index (χ1n) is 7.55. The van der Waals surface area contributed by atoms with Crippen LogP contribution in [0.1, 0.15) is 62.8 Å². The molecule has 1 N–H and O–H groups in total. The van der Waals surface area contributed by atoms with E-state index in [4.69, 9.17) is 4.98 Å². The molecule has 2 aromatic rings. The quantitative estimate of drug-likeness (QED) is 0.927. The van der Waals surface area contributed by atoms with Crippen LogP contribution >= 0.6 is 0 Å². The highest BCUT2D eigenvalue weighted by Crippen LogP contribution is 2.43. The van der Waals surface area contributed by atoms with E-state index in [0.717, 1.165) is 16.9 Å². The number of carboxylic acids is 1. The normalized spacial score (nSPS) is 17.1. The molecule has 1 aromatic carbocycles. The Morgan fingerprint density at radius 3 is 2.57 bits per heavy atom. The van der Waals surface area contributed by atoms with Crippen LogP contribution in [0.3, 0.4) is 0 Å². The molecule has 0 amide bonds. The van der Waals surface area contributed by atoms with Crippen molar-refractivity contribution in [3.05, 3.63) is 29.6 Å². The molecule has 0 saturated heterocycles. The van der Waals surface area contributed by atoms with Gasteiger partial charge in [0.25, 0.3) is 0 Å². The largest absolute Gasteiger partial charge is 0.478 e. The number of rotatable bonds is 3. The number of aromatic carboxylic acids is 1. The van der Waals surface area contributed by atoms with E-state index in [2.05, 4.69) is 32.3 Å². The number of hydrogen-bond acceptors (Lipinski definition) is 2. The summed E-state index contributed by atoms with van der Waals surface area (Å²) in [5.41, 5.74) is 1.79. The van der Waals surface area contributed by atoms with Crippen LogP contribution in [-0.4, -0.2) is 20.6 Å². The van der Waals surface area contributed by atoms with Crippen molar-refractivity contribution >= 4 is 17.0 Å². The highest BCUT2D eigenvalue weighted by molar-refractivity contribution is 6.01. The number of aromatic nitrogens is 2. The molecule has 4 nitrogen and oxygen atoms in total. The fourth-order valence-electron chi connectivity index (χ4n) is 3.04. The molecule has 112 valence electrons. The van der Waals surface area contributed by atoms with E-state index in [0.29, 0.717) is 17.5 Å². The van der Waals surface area contributed by atoms with E-state index in [9.17, 15) is 9.90 Å². The Bertz CT molecular complexity index is 705. The highest BCUT2D eigenvalue weighted by atomic mass is 16.4. The average molecular weight is 286 g/mol. The van der Waals surface area contributed by atoms with Crippen molar-refractivity contribution in [1.29, 1.82) is 0 Å². The first kappa shape index (κ1) is 14.1. The first-order chi connectivity index (χ1) is 9.80. The van der Waals surface area contributed by atoms with Gasteiger partial charge >= 0.3 is 5.97 Å². The van der Waals surface area contributed by atoms with Gasteiger partial charge in [0.1, 0.15) is 5.82 Å². The maximum absolute atomic E-state index is 11.6. The molecule has 0 bridgehead atoms. The number of nitrogens with zero attached hydrogens (tertiary/aromatic N) is 2. The molecule has 4 heteroatoms. The first-order valence-corrected chi connectivity index (χ1v) is 7.55. The van der Waals surface area contributed by atoms with Gasteiger partial charge < -0.3 is 9.67 Å². The van der Waals surface area contributed by atoms with Crippen LogP contribution in [-0.2, 0) is 5.41 Å². The zero-order valence-corrected chi connectivity index (χ0v) is 13.1. The summed E-state index contributed by atoms with van der Waals surface area (Å²) < 4.78 is 2.18. The van der Waals surface area contributed by atoms with Crippen molar-refractivity contribution < 1.29 is 9.90 Å². The molecular formula is C17H22N2O2. The number of para-hydroxylation sites is 1. The third kappa shape index (κ3) is 2.33. The lowest BCUT2D eigenvalue weighted by Crippen LogP contribution is -2.22. The lowest BCUT2D eigenvalue weighted by molar-refractivity contribution is 0.0698. The van der Waals surface area contributed by atoms with Crippen molar-refractivity contribution in [2.24, 2.45) is 5.92 Å². The number of benzene rings is 1. The summed E-state index contributed by atoms with van der Waals surface area (Å²) in [6.45, 7) is 8.58. The van der Waals surface area contributed by atoms with Gasteiger partial charge in [0, 0.05) is 11.5 Å². The molecule has 1 fully saturated rings. The fraction of sp³-hybridized carbons (Fsp3) is 0.529. The number of carboxylic acid groups (broad SMARTS) is 1. The van der Waals surface area contributed by atoms with Crippen LogP contribution in [0.2, 0.25) is 0 Å². The van der Waals surface area contributed by atoms with Crippen LogP contribution in [0.25, 0.3) is 11.0 Å².